The van der Waals surface area contributed by atoms with Gasteiger partial charge in [-0.1, -0.05) is 42.1 Å². The van der Waals surface area contributed by atoms with Crippen LogP contribution in [0.5, 0.6) is 0 Å². The molecule has 0 unspecified atom stereocenters. The summed E-state index contributed by atoms with van der Waals surface area (Å²) in [7, 11) is 0. The molecule has 0 atom stereocenters. The van der Waals surface area contributed by atoms with E-state index in [1.807, 2.05) is 12.1 Å². The first kappa shape index (κ1) is 14.7. The molecule has 0 bridgehead atoms. The van der Waals surface area contributed by atoms with Crippen LogP contribution in [0.25, 0.3) is 0 Å². The highest BCUT2D eigenvalue weighted by Crippen LogP contribution is 2.20. The van der Waals surface area contributed by atoms with Gasteiger partial charge in [0, 0.05) is 5.75 Å². The first-order valence-corrected chi connectivity index (χ1v) is 7.63. The maximum absolute atomic E-state index is 6.02. The molecule has 0 aliphatic rings. The lowest BCUT2D eigenvalue weighted by atomic mass is 10.1. The molecule has 3 heteroatoms. The van der Waals surface area contributed by atoms with Crippen LogP contribution < -0.4 is 5.73 Å². The molecule has 2 aromatic rings. The number of hydrogen-bond acceptors (Lipinski definition) is 2. The molecule has 0 aliphatic carbocycles. The number of nitrogens with zero attached hydrogens (tertiary/aromatic N) is 1. The number of nitrogens with two attached hydrogens (primary N) is 1. The molecule has 0 saturated carbocycles. The number of hydrogen-bond donors (Lipinski definition) is 1. The Morgan fingerprint density at radius 3 is 2.35 bits per heavy atom. The monoisotopic (exact) mass is 284 g/mol. The van der Waals surface area contributed by atoms with Gasteiger partial charge in [0.2, 0.25) is 0 Å². The van der Waals surface area contributed by atoms with Crippen LogP contribution in [-0.2, 0) is 5.75 Å². The third-order valence-electron chi connectivity index (χ3n) is 3.08. The number of amidine groups is 1. The minimum absolute atomic E-state index is 0.609. The zero-order chi connectivity index (χ0) is 14.5. The van der Waals surface area contributed by atoms with E-state index in [2.05, 4.69) is 56.1 Å². The number of aryl methyl sites for hydroxylation is 3. The Hall–Kier alpha value is -1.74. The number of benzene rings is 2. The van der Waals surface area contributed by atoms with Crippen molar-refractivity contribution >= 4 is 22.6 Å². The summed E-state index contributed by atoms with van der Waals surface area (Å²) in [5.74, 6) is 0.854. The third-order valence-corrected chi connectivity index (χ3v) is 3.92. The van der Waals surface area contributed by atoms with Crippen LogP contribution in [0.2, 0.25) is 0 Å². The SMILES string of the molecule is Cc1cc(C)cc(N=C(N)SCc2ccccc2C)c1. The predicted molar refractivity (Wildman–Crippen MR) is 89.7 cm³/mol. The smallest absolute Gasteiger partial charge is 0.159 e. The molecular weight excluding hydrogens is 264 g/mol. The van der Waals surface area contributed by atoms with Gasteiger partial charge in [-0.25, -0.2) is 4.99 Å². The van der Waals surface area contributed by atoms with E-state index in [0.29, 0.717) is 5.17 Å². The summed E-state index contributed by atoms with van der Waals surface area (Å²) in [6.45, 7) is 6.26. The lowest BCUT2D eigenvalue weighted by Gasteiger charge is -2.05. The van der Waals surface area contributed by atoms with E-state index < -0.39 is 0 Å². The van der Waals surface area contributed by atoms with Crippen molar-refractivity contribution in [1.82, 2.24) is 0 Å². The molecule has 0 spiro atoms. The van der Waals surface area contributed by atoms with Crippen LogP contribution in [0.15, 0.2) is 47.5 Å². The average molecular weight is 284 g/mol. The minimum atomic E-state index is 0.609. The highest BCUT2D eigenvalue weighted by molar-refractivity contribution is 8.13. The molecular formula is C17H20N2S. The Balaban J connectivity index is 2.06. The highest BCUT2D eigenvalue weighted by Gasteiger charge is 2.01. The van der Waals surface area contributed by atoms with Crippen molar-refractivity contribution < 1.29 is 0 Å². The van der Waals surface area contributed by atoms with E-state index in [-0.39, 0.29) is 0 Å². The van der Waals surface area contributed by atoms with Crippen LogP contribution in [0, 0.1) is 20.8 Å². The van der Waals surface area contributed by atoms with E-state index in [1.54, 1.807) is 11.8 Å². The Morgan fingerprint density at radius 1 is 1.05 bits per heavy atom. The van der Waals surface area contributed by atoms with Crippen LogP contribution in [0.1, 0.15) is 22.3 Å². The Bertz CT molecular complexity index is 612. The summed E-state index contributed by atoms with van der Waals surface area (Å²) in [6.07, 6.45) is 0. The molecule has 2 N–H and O–H groups in total. The zero-order valence-electron chi connectivity index (χ0n) is 12.2. The average Bonchev–Trinajstić information content (AvgIpc) is 2.36. The van der Waals surface area contributed by atoms with Crippen LogP contribution in [-0.4, -0.2) is 5.17 Å². The quantitative estimate of drug-likeness (QED) is 0.666. The molecule has 20 heavy (non-hydrogen) atoms. The Morgan fingerprint density at radius 2 is 1.70 bits per heavy atom. The Kier molecular flexibility index (Phi) is 4.85. The second kappa shape index (κ2) is 6.62. The molecule has 2 aromatic carbocycles. The normalized spacial score (nSPS) is 11.7. The van der Waals surface area contributed by atoms with Crippen LogP contribution in [0.4, 0.5) is 5.69 Å². The van der Waals surface area contributed by atoms with Gasteiger partial charge in [0.25, 0.3) is 0 Å². The van der Waals surface area contributed by atoms with Crippen molar-refractivity contribution in [2.45, 2.75) is 26.5 Å². The second-order valence-corrected chi connectivity index (χ2v) is 6.01. The molecule has 0 aliphatic heterocycles. The van der Waals surface area contributed by atoms with Crippen molar-refractivity contribution in [3.63, 3.8) is 0 Å². The summed E-state index contributed by atoms with van der Waals surface area (Å²) in [5.41, 5.74) is 12.0. The van der Waals surface area contributed by atoms with Crippen LogP contribution in [0.3, 0.4) is 0 Å². The highest BCUT2D eigenvalue weighted by atomic mass is 32.2. The number of rotatable bonds is 3. The van der Waals surface area contributed by atoms with Gasteiger partial charge < -0.3 is 5.73 Å². The van der Waals surface area contributed by atoms with Gasteiger partial charge in [-0.15, -0.1) is 0 Å². The van der Waals surface area contributed by atoms with Gasteiger partial charge in [-0.2, -0.15) is 0 Å². The van der Waals surface area contributed by atoms with Gasteiger partial charge in [0.05, 0.1) is 5.69 Å². The summed E-state index contributed by atoms with van der Waals surface area (Å²) >= 11 is 1.58. The van der Waals surface area contributed by atoms with Crippen molar-refractivity contribution in [3.8, 4) is 0 Å². The summed E-state index contributed by atoms with van der Waals surface area (Å²) < 4.78 is 0. The summed E-state index contributed by atoms with van der Waals surface area (Å²) in [4.78, 5) is 4.48. The Labute approximate surface area is 125 Å². The number of aliphatic imine (C=N–C) groups is 1. The first-order chi connectivity index (χ1) is 9.54. The molecule has 2 rings (SSSR count). The summed E-state index contributed by atoms with van der Waals surface area (Å²) in [6, 6.07) is 14.6. The lowest BCUT2D eigenvalue weighted by molar-refractivity contribution is 1.31. The molecule has 0 aromatic heterocycles. The van der Waals surface area contributed by atoms with Gasteiger partial charge >= 0.3 is 0 Å². The van der Waals surface area contributed by atoms with Crippen molar-refractivity contribution in [2.75, 3.05) is 0 Å². The van der Waals surface area contributed by atoms with Gasteiger partial charge in [0.1, 0.15) is 0 Å². The topological polar surface area (TPSA) is 38.4 Å². The third kappa shape index (κ3) is 4.14. The van der Waals surface area contributed by atoms with Gasteiger partial charge in [0.15, 0.2) is 5.17 Å². The van der Waals surface area contributed by atoms with Crippen molar-refractivity contribution in [2.24, 2.45) is 10.7 Å². The fraction of sp³-hybridized carbons (Fsp3) is 0.235. The number of thioether (sulfide) groups is 1. The van der Waals surface area contributed by atoms with Gasteiger partial charge in [-0.3, -0.25) is 0 Å². The van der Waals surface area contributed by atoms with Crippen LogP contribution >= 0.6 is 11.8 Å². The molecule has 0 amide bonds. The molecule has 0 saturated heterocycles. The van der Waals surface area contributed by atoms with E-state index in [4.69, 9.17) is 5.73 Å². The largest absolute Gasteiger partial charge is 0.378 e. The molecule has 0 heterocycles. The molecule has 2 nitrogen and oxygen atoms in total. The molecule has 104 valence electrons. The predicted octanol–water partition coefficient (Wildman–Crippen LogP) is 4.49. The maximum atomic E-state index is 6.02. The van der Waals surface area contributed by atoms with E-state index in [1.165, 1.54) is 22.3 Å². The maximum Gasteiger partial charge on any atom is 0.159 e. The van der Waals surface area contributed by atoms with Crippen molar-refractivity contribution in [3.05, 3.63) is 64.7 Å². The molecule has 0 fully saturated rings. The van der Waals surface area contributed by atoms with E-state index >= 15 is 0 Å². The summed E-state index contributed by atoms with van der Waals surface area (Å²) in [5, 5.41) is 0.609. The zero-order valence-corrected chi connectivity index (χ0v) is 13.0. The second-order valence-electron chi connectivity index (χ2n) is 5.01. The minimum Gasteiger partial charge on any atom is -0.378 e. The fourth-order valence-corrected chi connectivity index (χ4v) is 2.90. The van der Waals surface area contributed by atoms with E-state index in [0.717, 1.165) is 11.4 Å². The van der Waals surface area contributed by atoms with Crippen molar-refractivity contribution in [1.29, 1.82) is 0 Å². The first-order valence-electron chi connectivity index (χ1n) is 6.64. The fourth-order valence-electron chi connectivity index (χ4n) is 2.10. The lowest BCUT2D eigenvalue weighted by Crippen LogP contribution is -2.06. The molecule has 0 radical (unpaired) electrons. The standard InChI is InChI=1S/C17H20N2S/c1-12-8-13(2)10-16(9-12)19-17(18)20-11-15-7-5-4-6-14(15)3/h4-10H,11H2,1-3H3,(H2,18,19). The van der Waals surface area contributed by atoms with Gasteiger partial charge in [-0.05, 0) is 55.2 Å². The van der Waals surface area contributed by atoms with E-state index in [9.17, 15) is 0 Å².